The van der Waals surface area contributed by atoms with Gasteiger partial charge >= 0.3 is 0 Å². The highest BCUT2D eigenvalue weighted by Crippen LogP contribution is 2.27. The smallest absolute Gasteiger partial charge is 0.250 e. The van der Waals surface area contributed by atoms with E-state index < -0.39 is 0 Å². The van der Waals surface area contributed by atoms with Crippen LogP contribution in [0.1, 0.15) is 31.7 Å². The zero-order chi connectivity index (χ0) is 16.2. The summed E-state index contributed by atoms with van der Waals surface area (Å²) < 4.78 is 12.3. The van der Waals surface area contributed by atoms with Gasteiger partial charge in [0.25, 0.3) is 0 Å². The van der Waals surface area contributed by atoms with Crippen LogP contribution in [0.3, 0.4) is 0 Å². The van der Waals surface area contributed by atoms with Gasteiger partial charge in [-0.3, -0.25) is 0 Å². The van der Waals surface area contributed by atoms with Crippen molar-refractivity contribution in [3.05, 3.63) is 46.8 Å². The van der Waals surface area contributed by atoms with Crippen LogP contribution in [0.2, 0.25) is 0 Å². The highest BCUT2D eigenvalue weighted by atomic mass is 79.9. The van der Waals surface area contributed by atoms with Crippen LogP contribution < -0.4 is 4.74 Å². The summed E-state index contributed by atoms with van der Waals surface area (Å²) >= 11 is 3.40. The van der Waals surface area contributed by atoms with Gasteiger partial charge in [0.15, 0.2) is 12.4 Å². The zero-order valence-electron chi connectivity index (χ0n) is 12.6. The highest BCUT2D eigenvalue weighted by molar-refractivity contribution is 9.10. The fourth-order valence-corrected chi connectivity index (χ4v) is 2.24. The number of aromatic nitrogens is 6. The molecule has 9 heteroatoms. The average Bonchev–Trinajstić information content (AvgIpc) is 3.19. The van der Waals surface area contributed by atoms with Crippen molar-refractivity contribution < 1.29 is 9.26 Å². The standard InChI is InChI=1S/C14H15BrN6O2/c1-9(2)13(22-11-5-3-10(15)4-6-11)14-18-12(23-19-14)7-21-17-8-16-20-21/h3-6,8-9,13H,7H2,1-2H3. The van der Waals surface area contributed by atoms with Crippen molar-refractivity contribution in [3.8, 4) is 5.75 Å². The maximum absolute atomic E-state index is 6.01. The van der Waals surface area contributed by atoms with E-state index >= 15 is 0 Å². The second kappa shape index (κ2) is 6.86. The third-order valence-corrected chi connectivity index (χ3v) is 3.62. The molecular weight excluding hydrogens is 364 g/mol. The molecule has 0 bridgehead atoms. The Balaban J connectivity index is 1.75. The fraction of sp³-hybridized carbons (Fsp3) is 0.357. The number of tetrazole rings is 1. The van der Waals surface area contributed by atoms with Gasteiger partial charge in [-0.25, -0.2) is 0 Å². The SMILES string of the molecule is CC(C)C(Oc1ccc(Br)cc1)c1noc(Cn2ncnn2)n1. The van der Waals surface area contributed by atoms with Gasteiger partial charge in [-0.1, -0.05) is 34.9 Å². The molecule has 0 aliphatic carbocycles. The first-order chi connectivity index (χ1) is 11.1. The van der Waals surface area contributed by atoms with Crippen molar-refractivity contribution in [1.29, 1.82) is 0 Å². The molecule has 0 spiro atoms. The normalized spacial score (nSPS) is 12.5. The van der Waals surface area contributed by atoms with Crippen LogP contribution in [0, 0.1) is 5.92 Å². The van der Waals surface area contributed by atoms with Gasteiger partial charge in [-0.2, -0.15) is 9.78 Å². The lowest BCUT2D eigenvalue weighted by atomic mass is 10.1. The van der Waals surface area contributed by atoms with Crippen molar-refractivity contribution in [2.24, 2.45) is 5.92 Å². The Bertz CT molecular complexity index is 741. The molecule has 1 aromatic carbocycles. The summed E-state index contributed by atoms with van der Waals surface area (Å²) in [6, 6.07) is 7.62. The van der Waals surface area contributed by atoms with E-state index in [-0.39, 0.29) is 18.6 Å². The number of hydrogen-bond acceptors (Lipinski definition) is 7. The molecule has 0 radical (unpaired) electrons. The van der Waals surface area contributed by atoms with Crippen molar-refractivity contribution >= 4 is 15.9 Å². The summed E-state index contributed by atoms with van der Waals surface area (Å²) in [5, 5.41) is 15.3. The van der Waals surface area contributed by atoms with Crippen molar-refractivity contribution in [2.75, 3.05) is 0 Å². The van der Waals surface area contributed by atoms with Gasteiger partial charge in [-0.15, -0.1) is 10.2 Å². The lowest BCUT2D eigenvalue weighted by molar-refractivity contribution is 0.141. The number of ether oxygens (including phenoxy) is 1. The van der Waals surface area contributed by atoms with E-state index in [0.29, 0.717) is 11.7 Å². The van der Waals surface area contributed by atoms with Crippen molar-refractivity contribution in [1.82, 2.24) is 30.3 Å². The third kappa shape index (κ3) is 3.92. The largest absolute Gasteiger partial charge is 0.482 e. The molecule has 0 fully saturated rings. The average molecular weight is 379 g/mol. The molecule has 1 atom stereocenters. The van der Waals surface area contributed by atoms with Crippen LogP contribution in [0.5, 0.6) is 5.75 Å². The topological polar surface area (TPSA) is 91.8 Å². The van der Waals surface area contributed by atoms with Gasteiger partial charge in [-0.05, 0) is 35.4 Å². The number of halogens is 1. The van der Waals surface area contributed by atoms with Crippen LogP contribution >= 0.6 is 15.9 Å². The summed E-state index contributed by atoms with van der Waals surface area (Å²) in [5.74, 6) is 1.82. The number of rotatable bonds is 6. The lowest BCUT2D eigenvalue weighted by Gasteiger charge is -2.19. The Morgan fingerprint density at radius 1 is 1.26 bits per heavy atom. The molecule has 0 aliphatic rings. The molecule has 120 valence electrons. The van der Waals surface area contributed by atoms with E-state index in [1.54, 1.807) is 0 Å². The fourth-order valence-electron chi connectivity index (χ4n) is 1.98. The minimum atomic E-state index is -0.308. The molecule has 23 heavy (non-hydrogen) atoms. The Kier molecular flexibility index (Phi) is 4.65. The Hall–Kier alpha value is -2.29. The van der Waals surface area contributed by atoms with Gasteiger partial charge < -0.3 is 9.26 Å². The van der Waals surface area contributed by atoms with Gasteiger partial charge in [0.1, 0.15) is 12.3 Å². The summed E-state index contributed by atoms with van der Waals surface area (Å²) in [4.78, 5) is 5.75. The summed E-state index contributed by atoms with van der Waals surface area (Å²) in [5.41, 5.74) is 0. The number of hydrogen-bond donors (Lipinski definition) is 0. The predicted molar refractivity (Wildman–Crippen MR) is 83.6 cm³/mol. The zero-order valence-corrected chi connectivity index (χ0v) is 14.2. The summed E-state index contributed by atoms with van der Waals surface area (Å²) in [6.45, 7) is 4.35. The van der Waals surface area contributed by atoms with Gasteiger partial charge in [0, 0.05) is 4.47 Å². The molecule has 0 N–H and O–H groups in total. The van der Waals surface area contributed by atoms with E-state index in [1.807, 2.05) is 38.1 Å². The molecule has 0 aliphatic heterocycles. The first-order valence-corrected chi connectivity index (χ1v) is 7.86. The first kappa shape index (κ1) is 15.6. The van der Waals surface area contributed by atoms with E-state index in [9.17, 15) is 0 Å². The van der Waals surface area contributed by atoms with Gasteiger partial charge in [0.05, 0.1) is 0 Å². The van der Waals surface area contributed by atoms with Crippen molar-refractivity contribution in [2.45, 2.75) is 26.5 Å². The Morgan fingerprint density at radius 2 is 2.04 bits per heavy atom. The number of benzene rings is 1. The molecule has 3 aromatic rings. The van der Waals surface area contributed by atoms with Crippen molar-refractivity contribution in [3.63, 3.8) is 0 Å². The lowest BCUT2D eigenvalue weighted by Crippen LogP contribution is -2.16. The molecule has 2 heterocycles. The molecular formula is C14H15BrN6O2. The van der Waals surface area contributed by atoms with Crippen LogP contribution in [-0.4, -0.2) is 30.3 Å². The maximum atomic E-state index is 6.01. The van der Waals surface area contributed by atoms with E-state index in [1.165, 1.54) is 11.1 Å². The van der Waals surface area contributed by atoms with Crippen LogP contribution in [0.4, 0.5) is 0 Å². The molecule has 3 rings (SSSR count). The molecule has 8 nitrogen and oxygen atoms in total. The van der Waals surface area contributed by atoms with Crippen LogP contribution in [0.25, 0.3) is 0 Å². The summed E-state index contributed by atoms with van der Waals surface area (Å²) in [7, 11) is 0. The quantitative estimate of drug-likeness (QED) is 0.650. The maximum Gasteiger partial charge on any atom is 0.250 e. The molecule has 1 unspecified atom stereocenters. The first-order valence-electron chi connectivity index (χ1n) is 7.07. The Morgan fingerprint density at radius 3 is 2.70 bits per heavy atom. The monoisotopic (exact) mass is 378 g/mol. The van der Waals surface area contributed by atoms with E-state index in [2.05, 4.69) is 41.5 Å². The molecule has 0 saturated carbocycles. The second-order valence-electron chi connectivity index (χ2n) is 5.25. The number of nitrogens with zero attached hydrogens (tertiary/aromatic N) is 6. The Labute approximate surface area is 141 Å². The van der Waals surface area contributed by atoms with Crippen LogP contribution in [0.15, 0.2) is 39.6 Å². The minimum absolute atomic E-state index is 0.175. The predicted octanol–water partition coefficient (Wildman–Crippen LogP) is 2.64. The van der Waals surface area contributed by atoms with E-state index in [0.717, 1.165) is 10.2 Å². The second-order valence-corrected chi connectivity index (χ2v) is 6.16. The third-order valence-electron chi connectivity index (χ3n) is 3.09. The van der Waals surface area contributed by atoms with E-state index in [4.69, 9.17) is 9.26 Å². The highest BCUT2D eigenvalue weighted by Gasteiger charge is 2.24. The van der Waals surface area contributed by atoms with Crippen LogP contribution in [-0.2, 0) is 6.54 Å². The molecule has 0 amide bonds. The minimum Gasteiger partial charge on any atom is -0.482 e. The molecule has 0 saturated heterocycles. The molecule has 2 aromatic heterocycles. The van der Waals surface area contributed by atoms with Gasteiger partial charge in [0.2, 0.25) is 11.7 Å². The summed E-state index contributed by atoms with van der Waals surface area (Å²) in [6.07, 6.45) is 1.04.